The molecule has 158 valence electrons. The summed E-state index contributed by atoms with van der Waals surface area (Å²) < 4.78 is 11.5. The van der Waals surface area contributed by atoms with E-state index in [-0.39, 0.29) is 12.5 Å². The van der Waals surface area contributed by atoms with Crippen LogP contribution >= 0.6 is 0 Å². The fourth-order valence-electron chi connectivity index (χ4n) is 3.29. The number of nitrogens with one attached hydrogen (secondary N) is 1. The van der Waals surface area contributed by atoms with Gasteiger partial charge in [0.2, 0.25) is 5.89 Å². The molecular weight excluding hydrogens is 388 g/mol. The first-order valence-corrected chi connectivity index (χ1v) is 10.5. The van der Waals surface area contributed by atoms with Crippen molar-refractivity contribution in [2.75, 3.05) is 11.9 Å². The van der Waals surface area contributed by atoms with Crippen molar-refractivity contribution in [2.24, 2.45) is 0 Å². The molecule has 4 rings (SSSR count). The molecule has 0 fully saturated rings. The molecular formula is C26H26N2O3. The number of fused-ring (bicyclic) bond motifs is 1. The fourth-order valence-corrected chi connectivity index (χ4v) is 3.29. The van der Waals surface area contributed by atoms with E-state index in [2.05, 4.69) is 43.2 Å². The summed E-state index contributed by atoms with van der Waals surface area (Å²) in [6.45, 7) is 6.36. The Morgan fingerprint density at radius 1 is 1.03 bits per heavy atom. The largest absolute Gasteiger partial charge is 0.484 e. The quantitative estimate of drug-likeness (QED) is 0.391. The normalized spacial score (nSPS) is 11.1. The first kappa shape index (κ1) is 20.7. The topological polar surface area (TPSA) is 64.4 Å². The molecule has 0 spiro atoms. The van der Waals surface area contributed by atoms with Crippen molar-refractivity contribution in [3.8, 4) is 17.2 Å². The van der Waals surface area contributed by atoms with Crippen LogP contribution in [0.1, 0.15) is 37.8 Å². The minimum absolute atomic E-state index is 0.0451. The maximum Gasteiger partial charge on any atom is 0.262 e. The summed E-state index contributed by atoms with van der Waals surface area (Å²) in [5.74, 6) is 1.47. The minimum atomic E-state index is -0.213. The Balaban J connectivity index is 1.38. The van der Waals surface area contributed by atoms with E-state index in [1.807, 2.05) is 54.6 Å². The number of amides is 1. The highest BCUT2D eigenvalue weighted by molar-refractivity contribution is 5.92. The molecule has 1 heterocycles. The van der Waals surface area contributed by atoms with Crippen LogP contribution in [0.15, 0.2) is 71.1 Å². The second kappa shape index (κ2) is 9.04. The molecule has 5 heteroatoms. The summed E-state index contributed by atoms with van der Waals surface area (Å²) >= 11 is 0. The van der Waals surface area contributed by atoms with Gasteiger partial charge in [-0.15, -0.1) is 0 Å². The minimum Gasteiger partial charge on any atom is -0.484 e. The van der Waals surface area contributed by atoms with Crippen LogP contribution in [0.4, 0.5) is 5.69 Å². The number of hydrogen-bond donors (Lipinski definition) is 1. The van der Waals surface area contributed by atoms with Crippen LogP contribution in [0.3, 0.4) is 0 Å². The third-order valence-corrected chi connectivity index (χ3v) is 5.20. The molecule has 0 saturated carbocycles. The van der Waals surface area contributed by atoms with Gasteiger partial charge in [-0.25, -0.2) is 4.98 Å². The molecule has 0 aliphatic rings. The molecule has 1 aromatic heterocycles. The molecule has 1 amide bonds. The zero-order chi connectivity index (χ0) is 21.8. The Morgan fingerprint density at radius 2 is 1.77 bits per heavy atom. The fraction of sp³-hybridized carbons (Fsp3) is 0.231. The van der Waals surface area contributed by atoms with Gasteiger partial charge in [-0.1, -0.05) is 39.0 Å². The molecule has 4 aromatic rings. The standard InChI is InChI=1S/C26H26N2O3/c1-4-18-5-12-22(13-6-18)30-16-25(29)27-21-10-7-19(8-11-21)26-28-23-15-20(17(2)3)9-14-24(23)31-26/h5-15,17H,4,16H2,1-3H3,(H,27,29). The molecule has 0 bridgehead atoms. The third kappa shape index (κ3) is 4.94. The summed E-state index contributed by atoms with van der Waals surface area (Å²) in [5, 5.41) is 2.84. The molecule has 0 atom stereocenters. The van der Waals surface area contributed by atoms with Gasteiger partial charge in [0.05, 0.1) is 0 Å². The number of oxazole rings is 1. The van der Waals surface area contributed by atoms with Crippen molar-refractivity contribution >= 4 is 22.7 Å². The number of carbonyl (C=O) groups is 1. The smallest absolute Gasteiger partial charge is 0.262 e. The third-order valence-electron chi connectivity index (χ3n) is 5.20. The average Bonchev–Trinajstić information content (AvgIpc) is 3.22. The van der Waals surface area contributed by atoms with Gasteiger partial charge in [-0.05, 0) is 72.0 Å². The van der Waals surface area contributed by atoms with Crippen LogP contribution in [-0.2, 0) is 11.2 Å². The maximum atomic E-state index is 12.2. The zero-order valence-corrected chi connectivity index (χ0v) is 18.0. The van der Waals surface area contributed by atoms with E-state index in [1.165, 1.54) is 11.1 Å². The van der Waals surface area contributed by atoms with Gasteiger partial charge < -0.3 is 14.5 Å². The van der Waals surface area contributed by atoms with Crippen LogP contribution in [0, 0.1) is 0 Å². The van der Waals surface area contributed by atoms with E-state index in [4.69, 9.17) is 9.15 Å². The van der Waals surface area contributed by atoms with Gasteiger partial charge in [0.25, 0.3) is 5.91 Å². The van der Waals surface area contributed by atoms with Crippen LogP contribution in [0.2, 0.25) is 0 Å². The van der Waals surface area contributed by atoms with E-state index in [0.717, 1.165) is 23.1 Å². The van der Waals surface area contributed by atoms with Gasteiger partial charge in [0.1, 0.15) is 11.3 Å². The van der Waals surface area contributed by atoms with E-state index < -0.39 is 0 Å². The number of anilines is 1. The summed E-state index contributed by atoms with van der Waals surface area (Å²) in [7, 11) is 0. The molecule has 0 radical (unpaired) electrons. The van der Waals surface area contributed by atoms with Gasteiger partial charge >= 0.3 is 0 Å². The molecule has 3 aromatic carbocycles. The molecule has 5 nitrogen and oxygen atoms in total. The SMILES string of the molecule is CCc1ccc(OCC(=O)Nc2ccc(-c3nc4cc(C(C)C)ccc4o3)cc2)cc1. The summed E-state index contributed by atoms with van der Waals surface area (Å²) in [6.07, 6.45) is 0.972. The second-order valence-electron chi connectivity index (χ2n) is 7.81. The lowest BCUT2D eigenvalue weighted by atomic mass is 10.0. The molecule has 0 saturated heterocycles. The summed E-state index contributed by atoms with van der Waals surface area (Å²) in [6, 6.07) is 21.3. The monoisotopic (exact) mass is 414 g/mol. The van der Waals surface area contributed by atoms with Crippen molar-refractivity contribution < 1.29 is 13.9 Å². The lowest BCUT2D eigenvalue weighted by Crippen LogP contribution is -2.20. The summed E-state index contributed by atoms with van der Waals surface area (Å²) in [5.41, 5.74) is 5.62. The molecule has 1 N–H and O–H groups in total. The second-order valence-corrected chi connectivity index (χ2v) is 7.81. The predicted molar refractivity (Wildman–Crippen MR) is 123 cm³/mol. The number of ether oxygens (including phenoxy) is 1. The van der Waals surface area contributed by atoms with E-state index in [0.29, 0.717) is 23.2 Å². The van der Waals surface area contributed by atoms with Crippen LogP contribution < -0.4 is 10.1 Å². The van der Waals surface area contributed by atoms with Crippen LogP contribution in [0.25, 0.3) is 22.6 Å². The Morgan fingerprint density at radius 3 is 2.45 bits per heavy atom. The van der Waals surface area contributed by atoms with Crippen molar-refractivity contribution in [2.45, 2.75) is 33.1 Å². The van der Waals surface area contributed by atoms with Gasteiger partial charge in [0.15, 0.2) is 12.2 Å². The average molecular weight is 415 g/mol. The molecule has 31 heavy (non-hydrogen) atoms. The number of nitrogens with zero attached hydrogens (tertiary/aromatic N) is 1. The highest BCUT2D eigenvalue weighted by Gasteiger charge is 2.11. The van der Waals surface area contributed by atoms with Gasteiger partial charge in [-0.3, -0.25) is 4.79 Å². The molecule has 0 unspecified atom stereocenters. The summed E-state index contributed by atoms with van der Waals surface area (Å²) in [4.78, 5) is 16.8. The lowest BCUT2D eigenvalue weighted by molar-refractivity contribution is -0.118. The maximum absolute atomic E-state index is 12.2. The predicted octanol–water partition coefficient (Wildman–Crippen LogP) is 6.20. The van der Waals surface area contributed by atoms with Crippen LogP contribution in [0.5, 0.6) is 5.75 Å². The Bertz CT molecular complexity index is 1180. The Labute approximate surface area is 182 Å². The van der Waals surface area contributed by atoms with Crippen molar-refractivity contribution in [1.82, 2.24) is 4.98 Å². The van der Waals surface area contributed by atoms with Crippen molar-refractivity contribution in [3.05, 3.63) is 77.9 Å². The number of aromatic nitrogens is 1. The van der Waals surface area contributed by atoms with Crippen molar-refractivity contribution in [1.29, 1.82) is 0 Å². The number of aryl methyl sites for hydroxylation is 1. The zero-order valence-electron chi connectivity index (χ0n) is 18.0. The lowest BCUT2D eigenvalue weighted by Gasteiger charge is -2.08. The number of benzene rings is 3. The Hall–Kier alpha value is -3.60. The van der Waals surface area contributed by atoms with Gasteiger partial charge in [0, 0.05) is 11.3 Å². The van der Waals surface area contributed by atoms with E-state index in [9.17, 15) is 4.79 Å². The van der Waals surface area contributed by atoms with Gasteiger partial charge in [-0.2, -0.15) is 0 Å². The first-order chi connectivity index (χ1) is 15.0. The van der Waals surface area contributed by atoms with E-state index >= 15 is 0 Å². The number of carbonyl (C=O) groups excluding carboxylic acids is 1. The first-order valence-electron chi connectivity index (χ1n) is 10.5. The molecule has 0 aliphatic carbocycles. The number of hydrogen-bond acceptors (Lipinski definition) is 4. The van der Waals surface area contributed by atoms with Crippen LogP contribution in [-0.4, -0.2) is 17.5 Å². The van der Waals surface area contributed by atoms with Crippen molar-refractivity contribution in [3.63, 3.8) is 0 Å². The highest BCUT2D eigenvalue weighted by Crippen LogP contribution is 2.27. The highest BCUT2D eigenvalue weighted by atomic mass is 16.5. The number of rotatable bonds is 7. The van der Waals surface area contributed by atoms with E-state index in [1.54, 1.807) is 0 Å². The Kier molecular flexibility index (Phi) is 6.03. The molecule has 0 aliphatic heterocycles.